The number of para-hydroxylation sites is 2. The number of phenols is 1. The Bertz CT molecular complexity index is 2830. The summed E-state index contributed by atoms with van der Waals surface area (Å²) in [7, 11) is 1.52. The zero-order valence-electron chi connectivity index (χ0n) is 35.5. The Morgan fingerprint density at radius 3 is 1.32 bits per heavy atom. The van der Waals surface area contributed by atoms with Gasteiger partial charge < -0.3 is 30.0 Å². The van der Waals surface area contributed by atoms with Crippen molar-refractivity contribution in [2.75, 3.05) is 7.11 Å². The van der Waals surface area contributed by atoms with Gasteiger partial charge in [0.25, 0.3) is 0 Å². The largest absolute Gasteiger partial charge is 0.507 e. The van der Waals surface area contributed by atoms with Gasteiger partial charge in [-0.05, 0) is 69.5 Å². The number of methoxy groups -OCH3 is 1. The Labute approximate surface area is 361 Å². The number of benzene rings is 6. The summed E-state index contributed by atoms with van der Waals surface area (Å²) in [5.74, 6) is 0.474. The van der Waals surface area contributed by atoms with Crippen LogP contribution in [0.1, 0.15) is 63.1 Å². The highest BCUT2D eigenvalue weighted by Crippen LogP contribution is 2.48. The van der Waals surface area contributed by atoms with E-state index in [4.69, 9.17) is 4.74 Å². The lowest BCUT2D eigenvalue weighted by atomic mass is 9.72. The normalized spacial score (nSPS) is 14.7. The van der Waals surface area contributed by atoms with Gasteiger partial charge in [0.15, 0.2) is 11.2 Å². The number of aromatic nitrogens is 2. The van der Waals surface area contributed by atoms with Crippen LogP contribution in [0.3, 0.4) is 0 Å². The van der Waals surface area contributed by atoms with Crippen LogP contribution in [0.15, 0.2) is 133 Å². The van der Waals surface area contributed by atoms with Crippen LogP contribution in [0, 0.1) is 0 Å². The van der Waals surface area contributed by atoms with Crippen LogP contribution >= 0.6 is 0 Å². The van der Waals surface area contributed by atoms with Crippen LogP contribution in [0.5, 0.6) is 11.5 Å². The minimum atomic E-state index is -4.85. The molecule has 0 spiro atoms. The minimum Gasteiger partial charge on any atom is -0.507 e. The second-order valence-electron chi connectivity index (χ2n) is 17.8. The van der Waals surface area contributed by atoms with E-state index in [0.29, 0.717) is 39.2 Å². The topological polar surface area (TPSA) is 102 Å². The smallest absolute Gasteiger partial charge is 0.417 e. The standard InChI is InChI=1S/C26H26F3NO2.C25H24F3NO2/c1-24(2,21-13-12-17-8-4-6-10-20(17)23(21)32-3)16-25(31,26(27,28)29)15-19-14-18-9-5-7-11-22(18)30-19;1-23(2,20-12-11-16-7-3-5-9-19(16)22(20)30)15-24(31,25(26,27)28)14-18-13-17-8-4-6-10-21(17)29-18/h4-14,30-31H,15-16H2,1-3H3;3-13,29-31H,14-15H2,1-2H3. The van der Waals surface area contributed by atoms with Crippen LogP contribution in [0.2, 0.25) is 0 Å². The molecule has 8 aromatic rings. The molecule has 2 atom stereocenters. The number of rotatable bonds is 11. The van der Waals surface area contributed by atoms with E-state index < -0.39 is 60.1 Å². The quantitative estimate of drug-likeness (QED) is 0.0836. The number of aliphatic hydroxyl groups is 2. The first-order chi connectivity index (χ1) is 29.5. The lowest BCUT2D eigenvalue weighted by molar-refractivity contribution is -0.266. The average Bonchev–Trinajstić information content (AvgIpc) is 3.82. The predicted octanol–water partition coefficient (Wildman–Crippen LogP) is 12.8. The SMILES string of the molecule is CC(C)(CC(O)(Cc1cc2ccccc2[nH]1)C(F)(F)F)c1ccc2ccccc2c1O.COc1c(C(C)(C)CC(O)(Cc2cc3ccccc3[nH]2)C(F)(F)F)ccc2ccccc12. The van der Waals surface area contributed by atoms with Crippen molar-refractivity contribution in [3.8, 4) is 11.5 Å². The number of ether oxygens (including phenoxy) is 1. The molecular weight excluding hydrogens is 819 g/mol. The second-order valence-corrected chi connectivity index (χ2v) is 17.8. The van der Waals surface area contributed by atoms with Gasteiger partial charge in [-0.1, -0.05) is 137 Å². The van der Waals surface area contributed by atoms with Gasteiger partial charge >= 0.3 is 12.4 Å². The van der Waals surface area contributed by atoms with Gasteiger partial charge in [-0.2, -0.15) is 26.3 Å². The van der Waals surface area contributed by atoms with Gasteiger partial charge in [-0.3, -0.25) is 0 Å². The van der Waals surface area contributed by atoms with Gasteiger partial charge in [-0.15, -0.1) is 0 Å². The number of halogens is 6. The molecule has 6 aromatic carbocycles. The molecule has 0 radical (unpaired) electrons. The number of alkyl halides is 6. The molecule has 0 aliphatic heterocycles. The van der Waals surface area contributed by atoms with E-state index in [-0.39, 0.29) is 5.75 Å². The number of phenolic OH excluding ortho intramolecular Hbond substituents is 1. The van der Waals surface area contributed by atoms with Crippen molar-refractivity contribution in [2.45, 2.75) is 87.8 Å². The summed E-state index contributed by atoms with van der Waals surface area (Å²) >= 11 is 0. The Hall–Kier alpha value is -5.98. The number of fused-ring (bicyclic) bond motifs is 4. The Balaban J connectivity index is 0.000000189. The first-order valence-electron chi connectivity index (χ1n) is 20.5. The van der Waals surface area contributed by atoms with E-state index in [0.717, 1.165) is 32.4 Å². The summed E-state index contributed by atoms with van der Waals surface area (Å²) in [5, 5.41) is 37.4. The number of nitrogens with one attached hydrogen (secondary N) is 2. The predicted molar refractivity (Wildman–Crippen MR) is 237 cm³/mol. The molecule has 0 aliphatic carbocycles. The molecule has 0 fully saturated rings. The fourth-order valence-electron chi connectivity index (χ4n) is 9.06. The van der Waals surface area contributed by atoms with Crippen molar-refractivity contribution in [3.63, 3.8) is 0 Å². The van der Waals surface area contributed by atoms with Gasteiger partial charge in [-0.25, -0.2) is 0 Å². The first kappa shape index (κ1) is 45.1. The molecule has 6 nitrogen and oxygen atoms in total. The fraction of sp³-hybridized carbons (Fsp3) is 0.294. The highest BCUT2D eigenvalue weighted by Gasteiger charge is 2.57. The van der Waals surface area contributed by atoms with Crippen molar-refractivity contribution >= 4 is 43.4 Å². The molecule has 2 aromatic heterocycles. The third-order valence-corrected chi connectivity index (χ3v) is 12.1. The maximum absolute atomic E-state index is 14.2. The van der Waals surface area contributed by atoms with Crippen molar-refractivity contribution < 1.29 is 46.4 Å². The van der Waals surface area contributed by atoms with E-state index in [1.54, 1.807) is 94.4 Å². The van der Waals surface area contributed by atoms with E-state index in [1.807, 2.05) is 66.7 Å². The van der Waals surface area contributed by atoms with E-state index >= 15 is 0 Å². The molecule has 2 unspecified atom stereocenters. The van der Waals surface area contributed by atoms with Gasteiger partial charge in [0.05, 0.1) is 7.11 Å². The molecule has 0 saturated heterocycles. The molecule has 0 amide bonds. The molecule has 12 heteroatoms. The molecule has 0 aliphatic rings. The Kier molecular flexibility index (Phi) is 11.9. The van der Waals surface area contributed by atoms with Crippen molar-refractivity contribution in [1.82, 2.24) is 9.97 Å². The Morgan fingerprint density at radius 2 is 0.873 bits per heavy atom. The summed E-state index contributed by atoms with van der Waals surface area (Å²) in [6, 6.07) is 39.5. The lowest BCUT2D eigenvalue weighted by Gasteiger charge is -2.38. The molecule has 8 rings (SSSR count). The monoisotopic (exact) mass is 868 g/mol. The molecular formula is C51H50F6N2O4. The zero-order chi connectivity index (χ0) is 45.6. The molecule has 0 saturated carbocycles. The highest BCUT2D eigenvalue weighted by molar-refractivity contribution is 5.91. The van der Waals surface area contributed by atoms with E-state index in [9.17, 15) is 41.7 Å². The first-order valence-corrected chi connectivity index (χ1v) is 20.5. The van der Waals surface area contributed by atoms with Crippen LogP contribution in [0.4, 0.5) is 26.3 Å². The third kappa shape index (κ3) is 9.10. The Morgan fingerprint density at radius 1 is 0.492 bits per heavy atom. The number of aromatic hydroxyl groups is 1. The number of hydrogen-bond donors (Lipinski definition) is 5. The summed E-state index contributed by atoms with van der Waals surface area (Å²) in [6.45, 7) is 6.64. The maximum atomic E-state index is 14.2. The molecule has 2 heterocycles. The fourth-order valence-corrected chi connectivity index (χ4v) is 9.06. The maximum Gasteiger partial charge on any atom is 0.417 e. The number of hydrogen-bond acceptors (Lipinski definition) is 4. The lowest BCUT2D eigenvalue weighted by Crippen LogP contribution is -2.51. The van der Waals surface area contributed by atoms with Crippen LogP contribution in [0.25, 0.3) is 43.4 Å². The average molecular weight is 869 g/mol. The second kappa shape index (κ2) is 16.6. The van der Waals surface area contributed by atoms with E-state index in [1.165, 1.54) is 7.11 Å². The number of aromatic amines is 2. The van der Waals surface area contributed by atoms with Crippen LogP contribution < -0.4 is 4.74 Å². The summed E-state index contributed by atoms with van der Waals surface area (Å²) in [4.78, 5) is 5.99. The highest BCUT2D eigenvalue weighted by atomic mass is 19.4. The van der Waals surface area contributed by atoms with Gasteiger partial charge in [0.1, 0.15) is 11.5 Å². The molecule has 5 N–H and O–H groups in total. The van der Waals surface area contributed by atoms with Gasteiger partial charge in [0, 0.05) is 57.2 Å². The molecule has 0 bridgehead atoms. The summed E-state index contributed by atoms with van der Waals surface area (Å²) in [5.41, 5.74) is -4.98. The minimum absolute atomic E-state index is 0.0572. The van der Waals surface area contributed by atoms with Crippen LogP contribution in [-0.4, -0.2) is 56.0 Å². The zero-order valence-corrected chi connectivity index (χ0v) is 35.5. The van der Waals surface area contributed by atoms with Crippen molar-refractivity contribution in [3.05, 3.63) is 156 Å². The third-order valence-electron chi connectivity index (χ3n) is 12.1. The summed E-state index contributed by atoms with van der Waals surface area (Å²) < 4.78 is 90.7. The molecule has 63 heavy (non-hydrogen) atoms. The van der Waals surface area contributed by atoms with E-state index in [2.05, 4.69) is 9.97 Å². The molecule has 330 valence electrons. The van der Waals surface area contributed by atoms with Crippen molar-refractivity contribution in [2.24, 2.45) is 0 Å². The van der Waals surface area contributed by atoms with Gasteiger partial charge in [0.2, 0.25) is 0 Å². The summed E-state index contributed by atoms with van der Waals surface area (Å²) in [6.07, 6.45) is -12.0. The van der Waals surface area contributed by atoms with Crippen molar-refractivity contribution in [1.29, 1.82) is 0 Å². The number of H-pyrrole nitrogens is 2. The van der Waals surface area contributed by atoms with Crippen LogP contribution in [-0.2, 0) is 23.7 Å².